The first kappa shape index (κ1) is 13.1. The summed E-state index contributed by atoms with van der Waals surface area (Å²) in [5.74, 6) is 0. The van der Waals surface area contributed by atoms with Crippen LogP contribution in [0.3, 0.4) is 0 Å². The molecule has 4 rings (SSSR count). The lowest BCUT2D eigenvalue weighted by Crippen LogP contribution is -1.95. The van der Waals surface area contributed by atoms with Crippen LogP contribution in [0.25, 0.3) is 21.8 Å². The Bertz CT molecular complexity index is 980. The largest absolute Gasteiger partial charge is 0.350 e. The second kappa shape index (κ2) is 4.99. The molecular formula is C20H18N2. The number of fused-ring (bicyclic) bond motifs is 2. The van der Waals surface area contributed by atoms with Crippen LogP contribution in [0.15, 0.2) is 60.8 Å². The van der Waals surface area contributed by atoms with E-state index in [2.05, 4.69) is 73.3 Å². The van der Waals surface area contributed by atoms with Crippen molar-refractivity contribution in [3.63, 3.8) is 0 Å². The fourth-order valence-electron chi connectivity index (χ4n) is 3.21. The Balaban J connectivity index is 1.84. The van der Waals surface area contributed by atoms with Gasteiger partial charge in [0.2, 0.25) is 0 Å². The Morgan fingerprint density at radius 2 is 1.73 bits per heavy atom. The van der Waals surface area contributed by atoms with E-state index >= 15 is 0 Å². The minimum atomic E-state index is 0.922. The van der Waals surface area contributed by atoms with Gasteiger partial charge in [0, 0.05) is 41.6 Å². The van der Waals surface area contributed by atoms with Gasteiger partial charge in [0.05, 0.1) is 5.52 Å². The number of hydrogen-bond donors (Lipinski definition) is 0. The molecule has 0 bridgehead atoms. The highest BCUT2D eigenvalue weighted by Gasteiger charge is 2.09. The van der Waals surface area contributed by atoms with Gasteiger partial charge in [-0.1, -0.05) is 36.4 Å². The molecule has 2 heteroatoms. The third-order valence-electron chi connectivity index (χ3n) is 4.38. The first-order valence-electron chi connectivity index (χ1n) is 7.60. The van der Waals surface area contributed by atoms with Crippen molar-refractivity contribution in [3.05, 3.63) is 77.6 Å². The predicted octanol–water partition coefficient (Wildman–Crippen LogP) is 4.63. The molecule has 0 aliphatic heterocycles. The van der Waals surface area contributed by atoms with Crippen molar-refractivity contribution in [2.45, 2.75) is 13.3 Å². The van der Waals surface area contributed by atoms with Crippen LogP contribution >= 0.6 is 0 Å². The van der Waals surface area contributed by atoms with Crippen LogP contribution in [0, 0.1) is 6.92 Å². The van der Waals surface area contributed by atoms with Gasteiger partial charge in [-0.3, -0.25) is 4.98 Å². The average molecular weight is 286 g/mol. The summed E-state index contributed by atoms with van der Waals surface area (Å²) in [5, 5.41) is 2.54. The molecule has 22 heavy (non-hydrogen) atoms. The standard InChI is InChI=1S/C20H18N2/c1-14-16(11-15-7-3-5-9-19(15)21-14)12-17-13-22(2)20-10-6-4-8-18(17)20/h3-11,13H,12H2,1-2H3. The molecule has 0 saturated carbocycles. The molecule has 0 aliphatic carbocycles. The molecule has 0 saturated heterocycles. The maximum Gasteiger partial charge on any atom is 0.0705 e. The first-order valence-corrected chi connectivity index (χ1v) is 7.60. The summed E-state index contributed by atoms with van der Waals surface area (Å²) >= 11 is 0. The fraction of sp³-hybridized carbons (Fsp3) is 0.150. The van der Waals surface area contributed by atoms with Gasteiger partial charge in [-0.15, -0.1) is 0 Å². The predicted molar refractivity (Wildman–Crippen MR) is 92.2 cm³/mol. The molecule has 0 N–H and O–H groups in total. The summed E-state index contributed by atoms with van der Waals surface area (Å²) in [5.41, 5.74) is 6.13. The number of rotatable bonds is 2. The van der Waals surface area contributed by atoms with Crippen LogP contribution in [0.2, 0.25) is 0 Å². The van der Waals surface area contributed by atoms with E-state index in [9.17, 15) is 0 Å². The van der Waals surface area contributed by atoms with Gasteiger partial charge in [0.25, 0.3) is 0 Å². The zero-order valence-corrected chi connectivity index (χ0v) is 12.9. The summed E-state index contributed by atoms with van der Waals surface area (Å²) in [6, 6.07) is 19.2. The maximum absolute atomic E-state index is 4.75. The van der Waals surface area contributed by atoms with Gasteiger partial charge in [0.1, 0.15) is 0 Å². The molecule has 2 heterocycles. The lowest BCUT2D eigenvalue weighted by atomic mass is 10.0. The first-order chi connectivity index (χ1) is 10.7. The van der Waals surface area contributed by atoms with Crippen LogP contribution in [0.4, 0.5) is 0 Å². The van der Waals surface area contributed by atoms with Crippen molar-refractivity contribution in [3.8, 4) is 0 Å². The van der Waals surface area contributed by atoms with E-state index in [1.54, 1.807) is 0 Å². The molecule has 0 spiro atoms. The van der Waals surface area contributed by atoms with Crippen molar-refractivity contribution < 1.29 is 0 Å². The van der Waals surface area contributed by atoms with Crippen LogP contribution in [-0.4, -0.2) is 9.55 Å². The van der Waals surface area contributed by atoms with Crippen LogP contribution in [-0.2, 0) is 13.5 Å². The fourth-order valence-corrected chi connectivity index (χ4v) is 3.21. The van der Waals surface area contributed by atoms with Gasteiger partial charge in [-0.05, 0) is 36.2 Å². The van der Waals surface area contributed by atoms with Crippen molar-refractivity contribution in [2.75, 3.05) is 0 Å². The molecule has 0 atom stereocenters. The highest BCUT2D eigenvalue weighted by atomic mass is 14.9. The molecule has 2 aromatic heterocycles. The Morgan fingerprint density at radius 3 is 2.64 bits per heavy atom. The van der Waals surface area contributed by atoms with E-state index in [-0.39, 0.29) is 0 Å². The van der Waals surface area contributed by atoms with Gasteiger partial charge in [-0.25, -0.2) is 0 Å². The smallest absolute Gasteiger partial charge is 0.0705 e. The minimum absolute atomic E-state index is 0.922. The van der Waals surface area contributed by atoms with E-state index < -0.39 is 0 Å². The molecule has 0 unspecified atom stereocenters. The Morgan fingerprint density at radius 1 is 0.955 bits per heavy atom. The highest BCUT2D eigenvalue weighted by molar-refractivity contribution is 5.85. The van der Waals surface area contributed by atoms with Crippen molar-refractivity contribution in [2.24, 2.45) is 7.05 Å². The number of pyridine rings is 1. The van der Waals surface area contributed by atoms with Gasteiger partial charge < -0.3 is 4.57 Å². The third-order valence-corrected chi connectivity index (χ3v) is 4.38. The van der Waals surface area contributed by atoms with Crippen molar-refractivity contribution in [1.82, 2.24) is 9.55 Å². The number of aromatic nitrogens is 2. The number of benzene rings is 2. The zero-order valence-electron chi connectivity index (χ0n) is 12.9. The van der Waals surface area contributed by atoms with Gasteiger partial charge in [0.15, 0.2) is 0 Å². The number of aryl methyl sites for hydroxylation is 2. The summed E-state index contributed by atoms with van der Waals surface area (Å²) in [4.78, 5) is 4.75. The second-order valence-corrected chi connectivity index (χ2v) is 5.88. The third kappa shape index (κ3) is 2.08. The normalized spacial score (nSPS) is 11.4. The molecule has 0 aliphatic rings. The summed E-state index contributed by atoms with van der Waals surface area (Å²) < 4.78 is 2.20. The Hall–Kier alpha value is -2.61. The number of hydrogen-bond acceptors (Lipinski definition) is 1. The average Bonchev–Trinajstić information content (AvgIpc) is 2.85. The van der Waals surface area contributed by atoms with E-state index in [0.29, 0.717) is 0 Å². The highest BCUT2D eigenvalue weighted by Crippen LogP contribution is 2.25. The van der Waals surface area contributed by atoms with Crippen LogP contribution in [0.5, 0.6) is 0 Å². The topological polar surface area (TPSA) is 17.8 Å². The minimum Gasteiger partial charge on any atom is -0.350 e. The molecule has 0 amide bonds. The summed E-state index contributed by atoms with van der Waals surface area (Å²) in [6.07, 6.45) is 3.16. The van der Waals surface area contributed by atoms with E-state index in [0.717, 1.165) is 17.6 Å². The van der Waals surface area contributed by atoms with E-state index in [1.807, 2.05) is 6.07 Å². The molecule has 108 valence electrons. The van der Waals surface area contributed by atoms with Gasteiger partial charge in [-0.2, -0.15) is 0 Å². The lowest BCUT2D eigenvalue weighted by Gasteiger charge is -2.07. The molecule has 4 aromatic rings. The lowest BCUT2D eigenvalue weighted by molar-refractivity contribution is 0.956. The number of nitrogens with zero attached hydrogens (tertiary/aromatic N) is 2. The zero-order chi connectivity index (χ0) is 15.1. The molecule has 2 aromatic carbocycles. The molecule has 2 nitrogen and oxygen atoms in total. The van der Waals surface area contributed by atoms with Crippen molar-refractivity contribution in [1.29, 1.82) is 0 Å². The quantitative estimate of drug-likeness (QED) is 0.525. The SMILES string of the molecule is Cc1nc2ccccc2cc1Cc1cn(C)c2ccccc12. The Labute approximate surface area is 130 Å². The Kier molecular flexibility index (Phi) is 2.97. The second-order valence-electron chi connectivity index (χ2n) is 5.88. The maximum atomic E-state index is 4.75. The van der Waals surface area contributed by atoms with Crippen LogP contribution < -0.4 is 0 Å². The van der Waals surface area contributed by atoms with E-state index in [1.165, 1.54) is 27.4 Å². The summed E-state index contributed by atoms with van der Waals surface area (Å²) in [7, 11) is 2.11. The molecule has 0 radical (unpaired) electrons. The number of para-hydroxylation sites is 2. The van der Waals surface area contributed by atoms with Crippen LogP contribution in [0.1, 0.15) is 16.8 Å². The van der Waals surface area contributed by atoms with Gasteiger partial charge >= 0.3 is 0 Å². The molecular weight excluding hydrogens is 268 g/mol. The monoisotopic (exact) mass is 286 g/mol. The van der Waals surface area contributed by atoms with Crippen molar-refractivity contribution >= 4 is 21.8 Å². The summed E-state index contributed by atoms with van der Waals surface area (Å²) in [6.45, 7) is 2.10. The van der Waals surface area contributed by atoms with E-state index in [4.69, 9.17) is 4.98 Å². The molecule has 0 fully saturated rings.